The number of Topliss-reactive ketones (excluding diaryl/α,β-unsaturated/α-hetero) is 1. The SMILES string of the molecule is CCCCCCCOC(=O)Oc1ccc(C(=O)CCCCCCC)cc1C(=O)c1ccccc1C=O. The van der Waals surface area contributed by atoms with Gasteiger partial charge in [-0.05, 0) is 31.0 Å². The third-order valence-corrected chi connectivity index (χ3v) is 6.05. The zero-order chi connectivity index (χ0) is 26.2. The van der Waals surface area contributed by atoms with E-state index in [2.05, 4.69) is 13.8 Å². The smallest absolute Gasteiger partial charge is 0.434 e. The fourth-order valence-corrected chi connectivity index (χ4v) is 3.94. The number of ketones is 2. The highest BCUT2D eigenvalue weighted by Gasteiger charge is 2.22. The largest absolute Gasteiger partial charge is 0.513 e. The predicted molar refractivity (Wildman–Crippen MR) is 140 cm³/mol. The minimum absolute atomic E-state index is 0.00354. The van der Waals surface area contributed by atoms with Crippen molar-refractivity contribution in [1.29, 1.82) is 0 Å². The molecule has 0 spiro atoms. The minimum atomic E-state index is -0.904. The highest BCUT2D eigenvalue weighted by atomic mass is 16.7. The summed E-state index contributed by atoms with van der Waals surface area (Å²) in [6.07, 6.45) is 10.2. The Morgan fingerprint density at radius 2 is 1.44 bits per heavy atom. The van der Waals surface area contributed by atoms with Crippen molar-refractivity contribution >= 4 is 24.0 Å². The summed E-state index contributed by atoms with van der Waals surface area (Å²) in [4.78, 5) is 50.0. The molecule has 0 aliphatic carbocycles. The van der Waals surface area contributed by atoms with E-state index >= 15 is 0 Å². The van der Waals surface area contributed by atoms with Crippen molar-refractivity contribution in [1.82, 2.24) is 0 Å². The van der Waals surface area contributed by atoms with Gasteiger partial charge in [0.25, 0.3) is 0 Å². The molecule has 2 aromatic rings. The van der Waals surface area contributed by atoms with Gasteiger partial charge in [-0.2, -0.15) is 0 Å². The zero-order valence-corrected chi connectivity index (χ0v) is 21.6. The number of aldehydes is 1. The molecule has 2 aromatic carbocycles. The summed E-state index contributed by atoms with van der Waals surface area (Å²) >= 11 is 0. The molecule has 2 rings (SSSR count). The van der Waals surface area contributed by atoms with E-state index in [9.17, 15) is 19.2 Å². The predicted octanol–water partition coefficient (Wildman–Crippen LogP) is 7.76. The standard InChI is InChI=1S/C30H38O6/c1-3-5-7-9-11-17-27(32)23-18-19-28(36-30(34)35-20-14-10-8-6-4-2)26(21-23)29(33)25-16-13-12-15-24(25)22-31/h12-13,15-16,18-19,21-22H,3-11,14,17,20H2,1-2H3. The summed E-state index contributed by atoms with van der Waals surface area (Å²) in [5, 5.41) is 0. The maximum Gasteiger partial charge on any atom is 0.513 e. The van der Waals surface area contributed by atoms with E-state index in [1.165, 1.54) is 18.2 Å². The minimum Gasteiger partial charge on any atom is -0.434 e. The van der Waals surface area contributed by atoms with Gasteiger partial charge < -0.3 is 9.47 Å². The Kier molecular flexibility index (Phi) is 13.2. The van der Waals surface area contributed by atoms with E-state index in [0.29, 0.717) is 18.3 Å². The van der Waals surface area contributed by atoms with Crippen molar-refractivity contribution < 1.29 is 28.7 Å². The fraction of sp³-hybridized carbons (Fsp3) is 0.467. The van der Waals surface area contributed by atoms with E-state index in [-0.39, 0.29) is 34.8 Å². The summed E-state index contributed by atoms with van der Waals surface area (Å²) in [6, 6.07) is 10.8. The molecule has 0 saturated heterocycles. The Labute approximate surface area is 214 Å². The van der Waals surface area contributed by atoms with Crippen LogP contribution in [0, 0.1) is 0 Å². The lowest BCUT2D eigenvalue weighted by Gasteiger charge is -2.12. The van der Waals surface area contributed by atoms with Gasteiger partial charge in [0.2, 0.25) is 0 Å². The molecule has 0 radical (unpaired) electrons. The summed E-state index contributed by atoms with van der Waals surface area (Å²) in [6.45, 7) is 4.50. The van der Waals surface area contributed by atoms with Crippen LogP contribution in [-0.2, 0) is 4.74 Å². The van der Waals surface area contributed by atoms with Crippen molar-refractivity contribution in [2.24, 2.45) is 0 Å². The first kappa shape index (κ1) is 29.0. The molecule has 0 aromatic heterocycles. The van der Waals surface area contributed by atoms with Gasteiger partial charge in [-0.15, -0.1) is 0 Å². The molecule has 0 N–H and O–H groups in total. The van der Waals surface area contributed by atoms with Crippen LogP contribution in [0.4, 0.5) is 4.79 Å². The van der Waals surface area contributed by atoms with Crippen molar-refractivity contribution in [2.75, 3.05) is 6.61 Å². The van der Waals surface area contributed by atoms with E-state index in [0.717, 1.165) is 64.2 Å². The monoisotopic (exact) mass is 494 g/mol. The number of carbonyl (C=O) groups is 4. The molecule has 194 valence electrons. The molecule has 0 atom stereocenters. The highest BCUT2D eigenvalue weighted by Crippen LogP contribution is 2.26. The lowest BCUT2D eigenvalue weighted by molar-refractivity contribution is 0.0954. The average molecular weight is 495 g/mol. The van der Waals surface area contributed by atoms with Crippen molar-refractivity contribution in [3.05, 3.63) is 64.7 Å². The van der Waals surface area contributed by atoms with Crippen LogP contribution in [-0.4, -0.2) is 30.6 Å². The molecule has 6 heteroatoms. The highest BCUT2D eigenvalue weighted by molar-refractivity contribution is 6.15. The van der Waals surface area contributed by atoms with E-state index in [1.807, 2.05) is 0 Å². The fourth-order valence-electron chi connectivity index (χ4n) is 3.94. The second kappa shape index (κ2) is 16.4. The van der Waals surface area contributed by atoms with Gasteiger partial charge in [-0.3, -0.25) is 14.4 Å². The van der Waals surface area contributed by atoms with Crippen LogP contribution < -0.4 is 4.74 Å². The molecule has 0 aliphatic rings. The second-order valence-corrected chi connectivity index (χ2v) is 8.95. The summed E-state index contributed by atoms with van der Waals surface area (Å²) < 4.78 is 10.5. The Bertz CT molecular complexity index is 1010. The third kappa shape index (κ3) is 9.40. The summed E-state index contributed by atoms with van der Waals surface area (Å²) in [5.74, 6) is -0.584. The second-order valence-electron chi connectivity index (χ2n) is 8.95. The molecule has 0 saturated carbocycles. The van der Waals surface area contributed by atoms with Gasteiger partial charge in [0.05, 0.1) is 12.2 Å². The molecule has 0 aliphatic heterocycles. The first-order valence-electron chi connectivity index (χ1n) is 13.1. The van der Waals surface area contributed by atoms with Crippen LogP contribution in [0.15, 0.2) is 42.5 Å². The maximum atomic E-state index is 13.4. The Hall–Kier alpha value is -3.28. The van der Waals surface area contributed by atoms with Gasteiger partial charge in [-0.1, -0.05) is 89.5 Å². The first-order valence-corrected chi connectivity index (χ1v) is 13.1. The number of ether oxygens (including phenoxy) is 2. The Morgan fingerprint density at radius 3 is 2.14 bits per heavy atom. The van der Waals surface area contributed by atoms with Crippen molar-refractivity contribution in [3.63, 3.8) is 0 Å². The number of carbonyl (C=O) groups excluding carboxylic acids is 4. The number of hydrogen-bond acceptors (Lipinski definition) is 6. The first-order chi connectivity index (χ1) is 17.5. The van der Waals surface area contributed by atoms with Crippen molar-refractivity contribution in [3.8, 4) is 5.75 Å². The summed E-state index contributed by atoms with van der Waals surface area (Å²) in [5.41, 5.74) is 0.802. The number of rotatable bonds is 17. The molecule has 0 fully saturated rings. The number of benzene rings is 2. The van der Waals surface area contributed by atoms with Crippen LogP contribution in [0.25, 0.3) is 0 Å². The van der Waals surface area contributed by atoms with Gasteiger partial charge in [-0.25, -0.2) is 4.79 Å². The lowest BCUT2D eigenvalue weighted by Crippen LogP contribution is -2.15. The normalized spacial score (nSPS) is 10.6. The zero-order valence-electron chi connectivity index (χ0n) is 21.6. The van der Waals surface area contributed by atoms with Gasteiger partial charge >= 0.3 is 6.16 Å². The van der Waals surface area contributed by atoms with Gasteiger partial charge in [0.15, 0.2) is 17.9 Å². The van der Waals surface area contributed by atoms with E-state index in [4.69, 9.17) is 9.47 Å². The van der Waals surface area contributed by atoms with Crippen LogP contribution in [0.2, 0.25) is 0 Å². The van der Waals surface area contributed by atoms with E-state index < -0.39 is 11.9 Å². The molecular weight excluding hydrogens is 456 g/mol. The molecule has 0 heterocycles. The molecule has 6 nitrogen and oxygen atoms in total. The number of hydrogen-bond donors (Lipinski definition) is 0. The van der Waals surface area contributed by atoms with Crippen LogP contribution in [0.1, 0.15) is 121 Å². The third-order valence-electron chi connectivity index (χ3n) is 6.05. The Balaban J connectivity index is 2.19. The quantitative estimate of drug-likeness (QED) is 0.0734. The molecular formula is C30H38O6. The number of unbranched alkanes of at least 4 members (excludes halogenated alkanes) is 8. The molecule has 36 heavy (non-hydrogen) atoms. The molecule has 0 bridgehead atoms. The molecule has 0 unspecified atom stereocenters. The van der Waals surface area contributed by atoms with Crippen molar-refractivity contribution in [2.45, 2.75) is 84.5 Å². The summed E-state index contributed by atoms with van der Waals surface area (Å²) in [7, 11) is 0. The average Bonchev–Trinajstić information content (AvgIpc) is 2.90. The van der Waals surface area contributed by atoms with Gasteiger partial charge in [0.1, 0.15) is 5.75 Å². The Morgan fingerprint density at radius 1 is 0.778 bits per heavy atom. The van der Waals surface area contributed by atoms with Crippen LogP contribution >= 0.6 is 0 Å². The maximum absolute atomic E-state index is 13.4. The topological polar surface area (TPSA) is 86.7 Å². The van der Waals surface area contributed by atoms with Crippen LogP contribution in [0.5, 0.6) is 5.75 Å². The van der Waals surface area contributed by atoms with Crippen LogP contribution in [0.3, 0.4) is 0 Å². The lowest BCUT2D eigenvalue weighted by atomic mass is 9.95. The molecule has 0 amide bonds. The van der Waals surface area contributed by atoms with Gasteiger partial charge in [0, 0.05) is 23.1 Å². The van der Waals surface area contributed by atoms with E-state index in [1.54, 1.807) is 24.3 Å².